The van der Waals surface area contributed by atoms with E-state index in [1.165, 1.54) is 0 Å². The normalized spacial score (nSPS) is 12.5. The summed E-state index contributed by atoms with van der Waals surface area (Å²) in [6, 6.07) is 7.37. The molecule has 0 saturated carbocycles. The fourth-order valence-corrected chi connectivity index (χ4v) is 2.05. The molecule has 3 nitrogen and oxygen atoms in total. The molecule has 0 N–H and O–H groups in total. The van der Waals surface area contributed by atoms with Crippen molar-refractivity contribution in [2.45, 2.75) is 13.3 Å². The molecular formula is C15H24INO2. The topological polar surface area (TPSA) is 26.3 Å². The molecule has 0 aromatic heterocycles. The van der Waals surface area contributed by atoms with Crippen molar-refractivity contribution in [1.29, 1.82) is 0 Å². The number of nitrogens with zero attached hydrogens (tertiary/aromatic N) is 1. The molecule has 1 atom stereocenters. The van der Waals surface area contributed by atoms with Crippen molar-refractivity contribution >= 4 is 5.78 Å². The summed E-state index contributed by atoms with van der Waals surface area (Å²) in [4.78, 5) is 12.4. The molecule has 1 unspecified atom stereocenters. The van der Waals surface area contributed by atoms with Gasteiger partial charge in [-0.15, -0.1) is 0 Å². The van der Waals surface area contributed by atoms with Gasteiger partial charge in [0, 0.05) is 5.56 Å². The van der Waals surface area contributed by atoms with Crippen LogP contribution in [0.4, 0.5) is 0 Å². The number of carbonyl (C=O) groups is 1. The second kappa shape index (κ2) is 7.85. The minimum atomic E-state index is 0. The molecule has 1 aromatic rings. The van der Waals surface area contributed by atoms with Crippen LogP contribution in [0.15, 0.2) is 24.3 Å². The Morgan fingerprint density at radius 1 is 1.21 bits per heavy atom. The summed E-state index contributed by atoms with van der Waals surface area (Å²) in [7, 11) is 7.97. The lowest BCUT2D eigenvalue weighted by atomic mass is 9.94. The highest BCUT2D eigenvalue weighted by molar-refractivity contribution is 5.98. The zero-order valence-corrected chi connectivity index (χ0v) is 14.6. The molecule has 19 heavy (non-hydrogen) atoms. The van der Waals surface area contributed by atoms with Crippen LogP contribution in [0.5, 0.6) is 5.75 Å². The molecule has 1 aromatic carbocycles. The van der Waals surface area contributed by atoms with Gasteiger partial charge >= 0.3 is 0 Å². The molecular weight excluding hydrogens is 353 g/mol. The third-order valence-electron chi connectivity index (χ3n) is 3.01. The Hall–Kier alpha value is -0.620. The molecule has 0 radical (unpaired) electrons. The molecule has 0 spiro atoms. The number of hydrogen-bond donors (Lipinski definition) is 0. The molecule has 0 aliphatic carbocycles. The molecule has 0 aliphatic rings. The van der Waals surface area contributed by atoms with E-state index in [-0.39, 0.29) is 35.7 Å². The summed E-state index contributed by atoms with van der Waals surface area (Å²) in [6.45, 7) is 2.93. The average Bonchev–Trinajstić information content (AvgIpc) is 2.34. The third-order valence-corrected chi connectivity index (χ3v) is 3.01. The predicted octanol–water partition coefficient (Wildman–Crippen LogP) is -0.386. The summed E-state index contributed by atoms with van der Waals surface area (Å²) >= 11 is 0. The Kier molecular flexibility index (Phi) is 7.59. The van der Waals surface area contributed by atoms with E-state index in [4.69, 9.17) is 4.74 Å². The summed E-state index contributed by atoms with van der Waals surface area (Å²) in [5.41, 5.74) is 0.774. The molecule has 108 valence electrons. The van der Waals surface area contributed by atoms with E-state index in [0.29, 0.717) is 0 Å². The number of Topliss-reactive ketones (excluding diaryl/α,β-unsaturated/α-hetero) is 1. The second-order valence-corrected chi connectivity index (χ2v) is 5.67. The van der Waals surface area contributed by atoms with Crippen molar-refractivity contribution in [3.8, 4) is 5.75 Å². The van der Waals surface area contributed by atoms with Crippen LogP contribution in [0.1, 0.15) is 23.7 Å². The number of quaternary nitrogens is 1. The van der Waals surface area contributed by atoms with E-state index >= 15 is 0 Å². The molecule has 0 fully saturated rings. The van der Waals surface area contributed by atoms with Crippen LogP contribution in [0.2, 0.25) is 0 Å². The van der Waals surface area contributed by atoms with Gasteiger partial charge in [-0.1, -0.05) is 6.92 Å². The summed E-state index contributed by atoms with van der Waals surface area (Å²) in [5.74, 6) is 1.10. The molecule has 0 saturated heterocycles. The number of ether oxygens (including phenoxy) is 1. The van der Waals surface area contributed by atoms with Crippen LogP contribution in [0.3, 0.4) is 0 Å². The van der Waals surface area contributed by atoms with Crippen LogP contribution in [-0.4, -0.2) is 45.1 Å². The van der Waals surface area contributed by atoms with Crippen LogP contribution >= 0.6 is 0 Å². The van der Waals surface area contributed by atoms with Crippen LogP contribution in [0.25, 0.3) is 0 Å². The first kappa shape index (κ1) is 18.4. The van der Waals surface area contributed by atoms with Crippen molar-refractivity contribution < 1.29 is 38.0 Å². The smallest absolute Gasteiger partial charge is 0.171 e. The zero-order chi connectivity index (χ0) is 13.8. The first-order valence-corrected chi connectivity index (χ1v) is 6.36. The quantitative estimate of drug-likeness (QED) is 0.384. The van der Waals surface area contributed by atoms with E-state index in [1.807, 2.05) is 24.3 Å². The minimum Gasteiger partial charge on any atom is -1.00 e. The Labute approximate surface area is 133 Å². The lowest BCUT2D eigenvalue weighted by molar-refractivity contribution is -0.872. The SMILES string of the molecule is CCC(C[N+](C)(C)C)C(=O)c1ccc(OC)cc1.[I-]. The maximum atomic E-state index is 12.4. The van der Waals surface area contributed by atoms with Crippen molar-refractivity contribution in [1.82, 2.24) is 0 Å². The van der Waals surface area contributed by atoms with Gasteiger partial charge < -0.3 is 33.2 Å². The first-order chi connectivity index (χ1) is 8.37. The van der Waals surface area contributed by atoms with Gasteiger partial charge in [0.25, 0.3) is 0 Å². The molecule has 0 amide bonds. The van der Waals surface area contributed by atoms with Gasteiger partial charge in [-0.2, -0.15) is 0 Å². The highest BCUT2D eigenvalue weighted by Crippen LogP contribution is 2.18. The number of ketones is 1. The largest absolute Gasteiger partial charge is 1.00 e. The molecule has 0 bridgehead atoms. The number of carbonyl (C=O) groups excluding carboxylic acids is 1. The number of methoxy groups -OCH3 is 1. The average molecular weight is 377 g/mol. The maximum absolute atomic E-state index is 12.4. The monoisotopic (exact) mass is 377 g/mol. The van der Waals surface area contributed by atoms with Crippen LogP contribution in [0, 0.1) is 5.92 Å². The lowest BCUT2D eigenvalue weighted by Gasteiger charge is -2.28. The number of benzene rings is 1. The van der Waals surface area contributed by atoms with Crippen molar-refractivity contribution in [3.63, 3.8) is 0 Å². The fourth-order valence-electron chi connectivity index (χ4n) is 2.05. The Balaban J connectivity index is 0.00000324. The lowest BCUT2D eigenvalue weighted by Crippen LogP contribution is -3.00. The summed E-state index contributed by atoms with van der Waals surface area (Å²) < 4.78 is 5.91. The zero-order valence-electron chi connectivity index (χ0n) is 12.4. The Bertz CT molecular complexity index is 396. The van der Waals surface area contributed by atoms with Gasteiger partial charge in [-0.25, -0.2) is 0 Å². The van der Waals surface area contributed by atoms with Gasteiger partial charge in [0.1, 0.15) is 5.75 Å². The van der Waals surface area contributed by atoms with E-state index in [1.54, 1.807) is 7.11 Å². The van der Waals surface area contributed by atoms with Crippen molar-refractivity contribution in [2.75, 3.05) is 34.8 Å². The van der Waals surface area contributed by atoms with Gasteiger partial charge in [0.15, 0.2) is 5.78 Å². The van der Waals surface area contributed by atoms with E-state index < -0.39 is 0 Å². The fraction of sp³-hybridized carbons (Fsp3) is 0.533. The van der Waals surface area contributed by atoms with E-state index in [2.05, 4.69) is 28.1 Å². The Morgan fingerprint density at radius 2 is 1.74 bits per heavy atom. The second-order valence-electron chi connectivity index (χ2n) is 5.67. The van der Waals surface area contributed by atoms with Crippen LogP contribution in [-0.2, 0) is 0 Å². The van der Waals surface area contributed by atoms with Gasteiger partial charge in [0.05, 0.1) is 40.7 Å². The maximum Gasteiger partial charge on any atom is 0.171 e. The number of rotatable bonds is 6. The van der Waals surface area contributed by atoms with Crippen molar-refractivity contribution in [2.24, 2.45) is 5.92 Å². The van der Waals surface area contributed by atoms with E-state index in [9.17, 15) is 4.79 Å². The molecule has 4 heteroatoms. The van der Waals surface area contributed by atoms with Crippen LogP contribution < -0.4 is 28.7 Å². The molecule has 1 rings (SSSR count). The number of halogens is 1. The summed E-state index contributed by atoms with van der Waals surface area (Å²) in [6.07, 6.45) is 0.875. The van der Waals surface area contributed by atoms with Gasteiger partial charge in [-0.3, -0.25) is 4.79 Å². The standard InChI is InChI=1S/C15H24NO2.HI/c1-6-12(11-16(2,3)4)15(17)13-7-9-14(18-5)10-8-13;/h7-10,12H,6,11H2,1-5H3;1H/q+1;/p-1. The summed E-state index contributed by atoms with van der Waals surface area (Å²) in [5, 5.41) is 0. The first-order valence-electron chi connectivity index (χ1n) is 6.36. The molecule has 0 heterocycles. The van der Waals surface area contributed by atoms with Crippen molar-refractivity contribution in [3.05, 3.63) is 29.8 Å². The van der Waals surface area contributed by atoms with E-state index in [0.717, 1.165) is 28.8 Å². The minimum absolute atomic E-state index is 0. The highest BCUT2D eigenvalue weighted by Gasteiger charge is 2.24. The Morgan fingerprint density at radius 3 is 2.11 bits per heavy atom. The van der Waals surface area contributed by atoms with Gasteiger partial charge in [0.2, 0.25) is 0 Å². The van der Waals surface area contributed by atoms with Gasteiger partial charge in [-0.05, 0) is 30.7 Å². The predicted molar refractivity (Wildman–Crippen MR) is 74.0 cm³/mol. The third kappa shape index (κ3) is 5.91. The highest BCUT2D eigenvalue weighted by atomic mass is 127. The molecule has 0 aliphatic heterocycles. The number of hydrogen-bond acceptors (Lipinski definition) is 2.